The molecule has 0 spiro atoms. The van der Waals surface area contributed by atoms with Crippen molar-refractivity contribution in [3.63, 3.8) is 0 Å². The first-order chi connectivity index (χ1) is 5.00. The van der Waals surface area contributed by atoms with Gasteiger partial charge in [-0.15, -0.1) is 0 Å². The van der Waals surface area contributed by atoms with Crippen molar-refractivity contribution in [3.8, 4) is 0 Å². The lowest BCUT2D eigenvalue weighted by Crippen LogP contribution is -2.41. The van der Waals surface area contributed by atoms with E-state index in [1.165, 1.54) is 0 Å². The van der Waals surface area contributed by atoms with Crippen LogP contribution in [0.15, 0.2) is 0 Å². The van der Waals surface area contributed by atoms with Crippen LogP contribution in [0.3, 0.4) is 0 Å². The van der Waals surface area contributed by atoms with Gasteiger partial charge in [-0.1, -0.05) is 13.8 Å². The van der Waals surface area contributed by atoms with Crippen LogP contribution < -0.4 is 5.73 Å². The first-order valence-electron chi connectivity index (χ1n) is 3.67. The highest BCUT2D eigenvalue weighted by Gasteiger charge is 2.24. The Morgan fingerprint density at radius 2 is 2.09 bits per heavy atom. The van der Waals surface area contributed by atoms with Gasteiger partial charge >= 0.3 is 5.97 Å². The number of aliphatic hydroxyl groups is 1. The third-order valence-electron chi connectivity index (χ3n) is 1.88. The number of rotatable bonds is 4. The van der Waals surface area contributed by atoms with Crippen LogP contribution in [0, 0.1) is 5.92 Å². The lowest BCUT2D eigenvalue weighted by Gasteiger charge is -2.20. The smallest absolute Gasteiger partial charge is 0.320 e. The molecule has 0 bridgehead atoms. The fourth-order valence-electron chi connectivity index (χ4n) is 0.836. The molecule has 0 radical (unpaired) electrons. The Hall–Kier alpha value is -0.610. The van der Waals surface area contributed by atoms with Gasteiger partial charge in [0.25, 0.3) is 0 Å². The average molecular weight is 161 g/mol. The molecular weight excluding hydrogens is 146 g/mol. The van der Waals surface area contributed by atoms with E-state index in [0.29, 0.717) is 6.42 Å². The van der Waals surface area contributed by atoms with Crippen molar-refractivity contribution < 1.29 is 15.0 Å². The van der Waals surface area contributed by atoms with Gasteiger partial charge in [0.05, 0.1) is 6.10 Å². The van der Waals surface area contributed by atoms with Gasteiger partial charge in [-0.2, -0.15) is 0 Å². The van der Waals surface area contributed by atoms with E-state index < -0.39 is 24.0 Å². The molecule has 0 aromatic heterocycles. The van der Waals surface area contributed by atoms with E-state index in [-0.39, 0.29) is 0 Å². The summed E-state index contributed by atoms with van der Waals surface area (Å²) in [6, 6.07) is -0.968. The number of carboxylic acids is 1. The van der Waals surface area contributed by atoms with Crippen LogP contribution in [0.2, 0.25) is 0 Å². The summed E-state index contributed by atoms with van der Waals surface area (Å²) in [7, 11) is 0. The van der Waals surface area contributed by atoms with Gasteiger partial charge in [0.2, 0.25) is 0 Å². The van der Waals surface area contributed by atoms with Crippen LogP contribution in [-0.4, -0.2) is 28.3 Å². The van der Waals surface area contributed by atoms with E-state index in [4.69, 9.17) is 10.8 Å². The minimum atomic E-state index is -1.06. The largest absolute Gasteiger partial charge is 0.480 e. The quantitative estimate of drug-likeness (QED) is 0.533. The molecule has 0 aromatic rings. The maximum atomic E-state index is 10.3. The maximum absolute atomic E-state index is 10.3. The molecule has 0 aliphatic heterocycles. The average Bonchev–Trinajstić information content (AvgIpc) is 2.00. The topological polar surface area (TPSA) is 83.5 Å². The lowest BCUT2D eigenvalue weighted by atomic mass is 9.95. The zero-order chi connectivity index (χ0) is 9.02. The Balaban J connectivity index is 4.00. The van der Waals surface area contributed by atoms with Gasteiger partial charge < -0.3 is 15.9 Å². The van der Waals surface area contributed by atoms with Crippen LogP contribution in [0.25, 0.3) is 0 Å². The van der Waals surface area contributed by atoms with Gasteiger partial charge in [-0.3, -0.25) is 4.79 Å². The van der Waals surface area contributed by atoms with E-state index in [1.807, 2.05) is 0 Å². The predicted octanol–water partition coefficient (Wildman–Crippen LogP) is -0.195. The molecule has 0 aliphatic carbocycles. The Labute approximate surface area is 66.0 Å². The highest BCUT2D eigenvalue weighted by atomic mass is 16.4. The standard InChI is InChI=1S/C7H15NO3/c1-3-5(9)4(2)6(8)7(10)11/h4-6,9H,3,8H2,1-2H3,(H,10,11)/t4?,5-,6?/m0/s1. The number of aliphatic carboxylic acids is 1. The minimum absolute atomic E-state index is 0.391. The molecule has 0 amide bonds. The summed E-state index contributed by atoms with van der Waals surface area (Å²) in [6.07, 6.45) is -0.0941. The number of hydrogen-bond donors (Lipinski definition) is 3. The second-order valence-electron chi connectivity index (χ2n) is 2.70. The van der Waals surface area contributed by atoms with Gasteiger partial charge in [-0.05, 0) is 6.42 Å². The van der Waals surface area contributed by atoms with Crippen molar-refractivity contribution in [1.29, 1.82) is 0 Å². The number of hydrogen-bond acceptors (Lipinski definition) is 3. The number of nitrogens with two attached hydrogens (primary N) is 1. The third kappa shape index (κ3) is 2.86. The molecule has 0 saturated carbocycles. The zero-order valence-corrected chi connectivity index (χ0v) is 6.82. The van der Waals surface area contributed by atoms with Gasteiger partial charge in [-0.25, -0.2) is 0 Å². The highest BCUT2D eigenvalue weighted by Crippen LogP contribution is 2.09. The monoisotopic (exact) mass is 161 g/mol. The molecule has 4 heteroatoms. The number of carbonyl (C=O) groups is 1. The molecule has 0 aliphatic rings. The normalized spacial score (nSPS) is 18.9. The van der Waals surface area contributed by atoms with Crippen LogP contribution in [0.5, 0.6) is 0 Å². The van der Waals surface area contributed by atoms with Gasteiger partial charge in [0.1, 0.15) is 6.04 Å². The van der Waals surface area contributed by atoms with Crippen molar-refractivity contribution in [3.05, 3.63) is 0 Å². The lowest BCUT2D eigenvalue weighted by molar-refractivity contribution is -0.140. The Kier molecular flexibility index (Phi) is 4.07. The fourth-order valence-corrected chi connectivity index (χ4v) is 0.836. The van der Waals surface area contributed by atoms with Crippen LogP contribution in [0.1, 0.15) is 20.3 Å². The highest BCUT2D eigenvalue weighted by molar-refractivity contribution is 5.73. The molecule has 66 valence electrons. The molecule has 0 fully saturated rings. The first kappa shape index (κ1) is 10.4. The molecule has 2 unspecified atom stereocenters. The van der Waals surface area contributed by atoms with E-state index in [2.05, 4.69) is 0 Å². The molecule has 3 atom stereocenters. The van der Waals surface area contributed by atoms with Crippen molar-refractivity contribution in [2.75, 3.05) is 0 Å². The summed E-state index contributed by atoms with van der Waals surface area (Å²) in [5.41, 5.74) is 5.28. The summed E-state index contributed by atoms with van der Waals surface area (Å²) in [4.78, 5) is 10.3. The first-order valence-corrected chi connectivity index (χ1v) is 3.67. The molecule has 0 heterocycles. The van der Waals surface area contributed by atoms with Crippen LogP contribution >= 0.6 is 0 Å². The van der Waals surface area contributed by atoms with Gasteiger partial charge in [0, 0.05) is 5.92 Å². The maximum Gasteiger partial charge on any atom is 0.320 e. The van der Waals surface area contributed by atoms with Crippen molar-refractivity contribution in [2.45, 2.75) is 32.4 Å². The molecule has 0 rings (SSSR count). The fraction of sp³-hybridized carbons (Fsp3) is 0.857. The molecule has 4 nitrogen and oxygen atoms in total. The second-order valence-corrected chi connectivity index (χ2v) is 2.70. The summed E-state index contributed by atoms with van der Waals surface area (Å²) in [6.45, 7) is 3.42. The van der Waals surface area contributed by atoms with E-state index in [0.717, 1.165) is 0 Å². The molecular formula is C7H15NO3. The number of carboxylic acid groups (broad SMARTS) is 1. The molecule has 4 N–H and O–H groups in total. The molecule has 0 saturated heterocycles. The van der Waals surface area contributed by atoms with E-state index in [1.54, 1.807) is 13.8 Å². The molecule has 11 heavy (non-hydrogen) atoms. The predicted molar refractivity (Wildman–Crippen MR) is 41.1 cm³/mol. The molecule has 0 aromatic carbocycles. The summed E-state index contributed by atoms with van der Waals surface area (Å²) >= 11 is 0. The van der Waals surface area contributed by atoms with E-state index in [9.17, 15) is 9.90 Å². The van der Waals surface area contributed by atoms with Crippen LogP contribution in [0.4, 0.5) is 0 Å². The zero-order valence-electron chi connectivity index (χ0n) is 6.82. The van der Waals surface area contributed by atoms with Crippen molar-refractivity contribution in [1.82, 2.24) is 0 Å². The summed E-state index contributed by atoms with van der Waals surface area (Å²) < 4.78 is 0. The van der Waals surface area contributed by atoms with Gasteiger partial charge in [0.15, 0.2) is 0 Å². The van der Waals surface area contributed by atoms with E-state index >= 15 is 0 Å². The van der Waals surface area contributed by atoms with Crippen molar-refractivity contribution >= 4 is 5.97 Å². The summed E-state index contributed by atoms with van der Waals surface area (Å²) in [5.74, 6) is -1.46. The minimum Gasteiger partial charge on any atom is -0.480 e. The van der Waals surface area contributed by atoms with Crippen LogP contribution in [-0.2, 0) is 4.79 Å². The summed E-state index contributed by atoms with van der Waals surface area (Å²) in [5, 5.41) is 17.7. The Morgan fingerprint density at radius 3 is 2.36 bits per heavy atom. The third-order valence-corrected chi connectivity index (χ3v) is 1.88. The van der Waals surface area contributed by atoms with Crippen molar-refractivity contribution in [2.24, 2.45) is 11.7 Å². The second kappa shape index (κ2) is 4.31. The SMILES string of the molecule is CC[C@H](O)C(C)C(N)C(=O)O. The number of aliphatic hydroxyl groups excluding tert-OH is 1. The Morgan fingerprint density at radius 1 is 1.64 bits per heavy atom. The Bertz CT molecular complexity index is 138.